The Morgan fingerprint density at radius 1 is 1.04 bits per heavy atom. The zero-order chi connectivity index (χ0) is 19.2. The van der Waals surface area contributed by atoms with Crippen LogP contribution in [0.3, 0.4) is 0 Å². The van der Waals surface area contributed by atoms with Gasteiger partial charge in [-0.05, 0) is 36.8 Å². The van der Waals surface area contributed by atoms with Crippen molar-refractivity contribution in [1.82, 2.24) is 4.90 Å². The van der Waals surface area contributed by atoms with Crippen molar-refractivity contribution < 1.29 is 4.42 Å². The van der Waals surface area contributed by atoms with Gasteiger partial charge in [0.25, 0.3) is 0 Å². The second-order valence-corrected chi connectivity index (χ2v) is 8.10. The molecule has 0 spiro atoms. The minimum Gasteiger partial charge on any atom is -0.454 e. The molecule has 0 bridgehead atoms. The average Bonchev–Trinajstić information content (AvgIpc) is 3.21. The maximum absolute atomic E-state index is 6.44. The van der Waals surface area contributed by atoms with Crippen LogP contribution >= 0.6 is 0 Å². The van der Waals surface area contributed by atoms with Crippen LogP contribution < -0.4 is 4.90 Å². The van der Waals surface area contributed by atoms with Gasteiger partial charge < -0.3 is 14.2 Å². The van der Waals surface area contributed by atoms with Crippen LogP contribution in [0.2, 0.25) is 0 Å². The van der Waals surface area contributed by atoms with Crippen molar-refractivity contribution in [1.29, 1.82) is 0 Å². The number of hydrogen-bond acceptors (Lipinski definition) is 3. The van der Waals surface area contributed by atoms with Gasteiger partial charge in [-0.25, -0.2) is 0 Å². The lowest BCUT2D eigenvalue weighted by Crippen LogP contribution is -2.35. The molecular formula is C24H30N2O. The van der Waals surface area contributed by atoms with Crippen LogP contribution in [0.25, 0.3) is 21.9 Å². The molecule has 27 heavy (non-hydrogen) atoms. The third-order valence-electron chi connectivity index (χ3n) is 6.47. The predicted octanol–water partition coefficient (Wildman–Crippen LogP) is 6.62. The Balaban J connectivity index is 2.04. The number of benzene rings is 2. The first kappa shape index (κ1) is 18.0. The average molecular weight is 363 g/mol. The number of para-hydroxylation sites is 1. The van der Waals surface area contributed by atoms with Crippen molar-refractivity contribution in [2.45, 2.75) is 58.5 Å². The van der Waals surface area contributed by atoms with Crippen molar-refractivity contribution in [2.75, 3.05) is 11.9 Å². The normalized spacial score (nSPS) is 19.4. The van der Waals surface area contributed by atoms with Crippen LogP contribution in [0.4, 0.5) is 5.69 Å². The Kier molecular flexibility index (Phi) is 4.41. The first-order chi connectivity index (χ1) is 13.0. The molecule has 0 saturated heterocycles. The second kappa shape index (κ2) is 6.63. The van der Waals surface area contributed by atoms with Gasteiger partial charge in [0, 0.05) is 30.2 Å². The Labute approximate surface area is 162 Å². The molecule has 0 N–H and O–H groups in total. The van der Waals surface area contributed by atoms with E-state index in [0.717, 1.165) is 17.6 Å². The molecule has 3 heteroatoms. The van der Waals surface area contributed by atoms with Gasteiger partial charge in [-0.2, -0.15) is 0 Å². The summed E-state index contributed by atoms with van der Waals surface area (Å²) < 4.78 is 6.44. The number of nitrogens with zero attached hydrogens (tertiary/aromatic N) is 2. The third-order valence-corrected chi connectivity index (χ3v) is 6.47. The topological polar surface area (TPSA) is 19.6 Å². The Morgan fingerprint density at radius 2 is 1.81 bits per heavy atom. The molecule has 1 aromatic heterocycles. The fourth-order valence-corrected chi connectivity index (χ4v) is 4.46. The maximum Gasteiger partial charge on any atom is 0.159 e. The van der Waals surface area contributed by atoms with E-state index in [2.05, 4.69) is 87.3 Å². The van der Waals surface area contributed by atoms with E-state index in [0.29, 0.717) is 0 Å². The number of rotatable bonds is 5. The van der Waals surface area contributed by atoms with Gasteiger partial charge in [0.15, 0.2) is 5.58 Å². The Hall–Kier alpha value is -2.42. The van der Waals surface area contributed by atoms with Crippen LogP contribution in [-0.2, 0) is 5.41 Å². The van der Waals surface area contributed by atoms with E-state index in [-0.39, 0.29) is 11.6 Å². The fourth-order valence-electron chi connectivity index (χ4n) is 4.46. The van der Waals surface area contributed by atoms with Crippen molar-refractivity contribution >= 4 is 27.6 Å². The highest BCUT2D eigenvalue weighted by Gasteiger charge is 2.33. The minimum absolute atomic E-state index is 0.131. The summed E-state index contributed by atoms with van der Waals surface area (Å²) in [4.78, 5) is 4.62. The van der Waals surface area contributed by atoms with E-state index < -0.39 is 0 Å². The van der Waals surface area contributed by atoms with Gasteiger partial charge in [-0.3, -0.25) is 0 Å². The van der Waals surface area contributed by atoms with Gasteiger partial charge in [0.2, 0.25) is 0 Å². The largest absolute Gasteiger partial charge is 0.454 e. The molecule has 1 aliphatic heterocycles. The molecule has 0 radical (unpaired) electrons. The molecular weight excluding hydrogens is 332 g/mol. The highest BCUT2D eigenvalue weighted by molar-refractivity contribution is 6.09. The summed E-state index contributed by atoms with van der Waals surface area (Å²) in [6.07, 6.45) is 8.07. The number of furan rings is 1. The summed E-state index contributed by atoms with van der Waals surface area (Å²) in [5.41, 5.74) is 4.73. The minimum atomic E-state index is 0.131. The van der Waals surface area contributed by atoms with Crippen LogP contribution in [0, 0.1) is 0 Å². The van der Waals surface area contributed by atoms with Crippen LogP contribution in [0.15, 0.2) is 53.2 Å². The lowest BCUT2D eigenvalue weighted by atomic mass is 9.75. The molecule has 2 aromatic carbocycles. The SMILES string of the molecule is CCCC(C)(CC)c1ccc2c(oc3ccccc32)c1N1C=CN(C)[C@H]1C. The van der Waals surface area contributed by atoms with E-state index in [1.165, 1.54) is 34.9 Å². The van der Waals surface area contributed by atoms with E-state index in [4.69, 9.17) is 4.42 Å². The summed E-state index contributed by atoms with van der Waals surface area (Å²) in [6.45, 7) is 9.23. The standard InChI is InChI=1S/C24H30N2O/c1-6-14-24(4,7-2)20-13-12-19-18-10-8-9-11-21(18)27-23(19)22(20)26-16-15-25(5)17(26)3/h8-13,15-17H,6-7,14H2,1-5H3/t17-,24?/m1/s1. The van der Waals surface area contributed by atoms with E-state index in [1.54, 1.807) is 0 Å². The smallest absolute Gasteiger partial charge is 0.159 e. The van der Waals surface area contributed by atoms with Crippen LogP contribution in [-0.4, -0.2) is 18.1 Å². The third kappa shape index (κ3) is 2.72. The quantitative estimate of drug-likeness (QED) is 0.508. The number of anilines is 1. The van der Waals surface area contributed by atoms with Gasteiger partial charge in [0.1, 0.15) is 11.7 Å². The van der Waals surface area contributed by atoms with Crippen molar-refractivity contribution in [3.05, 3.63) is 54.4 Å². The molecule has 2 heterocycles. The molecule has 0 fully saturated rings. The predicted molar refractivity (Wildman–Crippen MR) is 115 cm³/mol. The highest BCUT2D eigenvalue weighted by atomic mass is 16.3. The lowest BCUT2D eigenvalue weighted by molar-refractivity contribution is 0.377. The molecule has 0 aliphatic carbocycles. The molecule has 4 rings (SSSR count). The first-order valence-corrected chi connectivity index (χ1v) is 10.1. The second-order valence-electron chi connectivity index (χ2n) is 8.10. The molecule has 2 atom stereocenters. The van der Waals surface area contributed by atoms with Gasteiger partial charge >= 0.3 is 0 Å². The summed E-state index contributed by atoms with van der Waals surface area (Å²) >= 11 is 0. The highest BCUT2D eigenvalue weighted by Crippen LogP contribution is 2.46. The number of fused-ring (bicyclic) bond motifs is 3. The fraction of sp³-hybridized carbons (Fsp3) is 0.417. The molecule has 0 amide bonds. The molecule has 1 unspecified atom stereocenters. The molecule has 0 saturated carbocycles. The Morgan fingerprint density at radius 3 is 2.48 bits per heavy atom. The van der Waals surface area contributed by atoms with E-state index >= 15 is 0 Å². The Bertz CT molecular complexity index is 1000. The monoisotopic (exact) mass is 362 g/mol. The van der Waals surface area contributed by atoms with Gasteiger partial charge in [0.05, 0.1) is 5.69 Å². The van der Waals surface area contributed by atoms with Gasteiger partial charge in [-0.15, -0.1) is 0 Å². The maximum atomic E-state index is 6.44. The van der Waals surface area contributed by atoms with Crippen molar-refractivity contribution in [3.8, 4) is 0 Å². The summed E-state index contributed by atoms with van der Waals surface area (Å²) in [6, 6.07) is 13.0. The first-order valence-electron chi connectivity index (χ1n) is 10.1. The zero-order valence-electron chi connectivity index (χ0n) is 17.1. The summed E-state index contributed by atoms with van der Waals surface area (Å²) in [5.74, 6) is 0. The lowest BCUT2D eigenvalue weighted by Gasteiger charge is -2.35. The number of hydrogen-bond donors (Lipinski definition) is 0. The molecule has 1 aliphatic rings. The van der Waals surface area contributed by atoms with E-state index in [9.17, 15) is 0 Å². The molecule has 142 valence electrons. The molecule has 3 nitrogen and oxygen atoms in total. The summed E-state index contributed by atoms with van der Waals surface area (Å²) in [5, 5.41) is 2.40. The van der Waals surface area contributed by atoms with Crippen LogP contribution in [0.5, 0.6) is 0 Å². The molecule has 3 aromatic rings. The van der Waals surface area contributed by atoms with Crippen molar-refractivity contribution in [2.24, 2.45) is 0 Å². The van der Waals surface area contributed by atoms with E-state index in [1.807, 2.05) is 6.07 Å². The van der Waals surface area contributed by atoms with Crippen LogP contribution in [0.1, 0.15) is 52.5 Å². The zero-order valence-corrected chi connectivity index (χ0v) is 17.1. The van der Waals surface area contributed by atoms with Gasteiger partial charge in [-0.1, -0.05) is 57.5 Å². The van der Waals surface area contributed by atoms with Crippen molar-refractivity contribution in [3.63, 3.8) is 0 Å². The summed E-state index contributed by atoms with van der Waals surface area (Å²) in [7, 11) is 2.13.